The van der Waals surface area contributed by atoms with Crippen LogP contribution in [0, 0.1) is 0 Å². The second-order valence-corrected chi connectivity index (χ2v) is 2.52. The van der Waals surface area contributed by atoms with Crippen LogP contribution in [-0.2, 0) is 4.79 Å². The van der Waals surface area contributed by atoms with E-state index in [1.165, 1.54) is 6.92 Å². The number of halogens is 3. The molecular weight excluding hydrogens is 175 g/mol. The summed E-state index contributed by atoms with van der Waals surface area (Å²) >= 11 is 0. The van der Waals surface area contributed by atoms with Gasteiger partial charge >= 0.3 is 12.1 Å². The van der Waals surface area contributed by atoms with Crippen molar-refractivity contribution in [2.75, 3.05) is 0 Å². The van der Waals surface area contributed by atoms with E-state index in [2.05, 4.69) is 0 Å². The second kappa shape index (κ2) is 3.30. The van der Waals surface area contributed by atoms with E-state index in [1.54, 1.807) is 0 Å². The Morgan fingerprint density at radius 3 is 2.00 bits per heavy atom. The molecule has 6 heteroatoms. The molecule has 0 saturated heterocycles. The quantitative estimate of drug-likeness (QED) is 0.692. The first-order valence-corrected chi connectivity index (χ1v) is 3.34. The molecule has 0 fully saturated rings. The van der Waals surface area contributed by atoms with Crippen LogP contribution in [0.1, 0.15) is 19.8 Å². The standard InChI is InChI=1S/C6H10F3NO2/c1-2-3-5(10,4(11)12)6(7,8)9/h2-3,10H2,1H3,(H,11,12). The Kier molecular flexibility index (Phi) is 3.09. The van der Waals surface area contributed by atoms with E-state index in [1.807, 2.05) is 0 Å². The topological polar surface area (TPSA) is 63.3 Å². The van der Waals surface area contributed by atoms with E-state index < -0.39 is 24.1 Å². The first-order chi connectivity index (χ1) is 5.25. The number of carboxylic acid groups (broad SMARTS) is 1. The molecule has 0 aromatic carbocycles. The number of carbonyl (C=O) groups is 1. The smallest absolute Gasteiger partial charge is 0.417 e. The van der Waals surface area contributed by atoms with Crippen molar-refractivity contribution < 1.29 is 23.1 Å². The number of alkyl halides is 3. The van der Waals surface area contributed by atoms with Crippen molar-refractivity contribution >= 4 is 5.97 Å². The number of hydrogen-bond donors (Lipinski definition) is 2. The van der Waals surface area contributed by atoms with E-state index >= 15 is 0 Å². The fraction of sp³-hybridized carbons (Fsp3) is 0.833. The van der Waals surface area contributed by atoms with Crippen molar-refractivity contribution in [2.45, 2.75) is 31.5 Å². The lowest BCUT2D eigenvalue weighted by atomic mass is 9.94. The highest BCUT2D eigenvalue weighted by Gasteiger charge is 2.57. The highest BCUT2D eigenvalue weighted by molar-refractivity contribution is 5.79. The highest BCUT2D eigenvalue weighted by Crippen LogP contribution is 2.31. The molecule has 3 nitrogen and oxygen atoms in total. The van der Waals surface area contributed by atoms with E-state index in [-0.39, 0.29) is 6.42 Å². The molecule has 3 N–H and O–H groups in total. The number of rotatable bonds is 3. The second-order valence-electron chi connectivity index (χ2n) is 2.52. The average Bonchev–Trinajstić information content (AvgIpc) is 1.85. The maximum absolute atomic E-state index is 12.0. The molecular formula is C6H10F3NO2. The Hall–Kier alpha value is -0.780. The number of aliphatic carboxylic acids is 1. The SMILES string of the molecule is CCCC(N)(C(=O)O)C(F)(F)F. The number of carboxylic acids is 1. The predicted molar refractivity (Wildman–Crippen MR) is 35.5 cm³/mol. The van der Waals surface area contributed by atoms with Crippen LogP contribution in [-0.4, -0.2) is 22.8 Å². The lowest BCUT2D eigenvalue weighted by molar-refractivity contribution is -0.203. The minimum Gasteiger partial charge on any atom is -0.480 e. The third-order valence-corrected chi connectivity index (χ3v) is 1.53. The Labute approximate surface area is 67.4 Å². The lowest BCUT2D eigenvalue weighted by Gasteiger charge is -2.26. The monoisotopic (exact) mass is 185 g/mol. The summed E-state index contributed by atoms with van der Waals surface area (Å²) in [6.07, 6.45) is -5.43. The largest absolute Gasteiger partial charge is 0.480 e. The zero-order valence-corrected chi connectivity index (χ0v) is 6.48. The predicted octanol–water partition coefficient (Wildman–Crippen LogP) is 1.13. The van der Waals surface area contributed by atoms with Crippen molar-refractivity contribution in [3.8, 4) is 0 Å². The minimum atomic E-state index is -4.89. The van der Waals surface area contributed by atoms with Gasteiger partial charge < -0.3 is 10.8 Å². The van der Waals surface area contributed by atoms with Gasteiger partial charge in [0.2, 0.25) is 5.54 Å². The summed E-state index contributed by atoms with van der Waals surface area (Å²) in [4.78, 5) is 10.2. The van der Waals surface area contributed by atoms with Crippen LogP contribution >= 0.6 is 0 Å². The zero-order valence-electron chi connectivity index (χ0n) is 6.48. The third-order valence-electron chi connectivity index (χ3n) is 1.53. The maximum Gasteiger partial charge on any atom is 0.417 e. The van der Waals surface area contributed by atoms with Crippen LogP contribution in [0.15, 0.2) is 0 Å². The fourth-order valence-electron chi connectivity index (χ4n) is 0.764. The van der Waals surface area contributed by atoms with Gasteiger partial charge in [-0.2, -0.15) is 13.2 Å². The van der Waals surface area contributed by atoms with E-state index in [0.717, 1.165) is 0 Å². The summed E-state index contributed by atoms with van der Waals surface area (Å²) in [5.41, 5.74) is 1.61. The van der Waals surface area contributed by atoms with Crippen molar-refractivity contribution in [2.24, 2.45) is 5.73 Å². The van der Waals surface area contributed by atoms with Gasteiger partial charge in [-0.05, 0) is 6.42 Å². The van der Waals surface area contributed by atoms with Gasteiger partial charge in [0.05, 0.1) is 0 Å². The lowest BCUT2D eigenvalue weighted by Crippen LogP contribution is -2.59. The molecule has 0 aromatic rings. The normalized spacial score (nSPS) is 17.1. The van der Waals surface area contributed by atoms with Crippen LogP contribution in [0.25, 0.3) is 0 Å². The summed E-state index contributed by atoms with van der Waals surface area (Å²) in [6.45, 7) is 1.44. The summed E-state index contributed by atoms with van der Waals surface area (Å²) in [7, 11) is 0. The first-order valence-electron chi connectivity index (χ1n) is 3.34. The summed E-state index contributed by atoms with van der Waals surface area (Å²) in [6, 6.07) is 0. The van der Waals surface area contributed by atoms with Crippen molar-refractivity contribution in [1.82, 2.24) is 0 Å². The van der Waals surface area contributed by atoms with Gasteiger partial charge in [-0.3, -0.25) is 0 Å². The van der Waals surface area contributed by atoms with Crippen molar-refractivity contribution in [3.63, 3.8) is 0 Å². The van der Waals surface area contributed by atoms with Crippen LogP contribution in [0.4, 0.5) is 13.2 Å². The zero-order chi connectivity index (χ0) is 9.99. The molecule has 12 heavy (non-hydrogen) atoms. The molecule has 1 atom stereocenters. The molecule has 0 saturated carbocycles. The Morgan fingerprint density at radius 2 is 1.92 bits per heavy atom. The van der Waals surface area contributed by atoms with Gasteiger partial charge in [-0.15, -0.1) is 0 Å². The molecule has 0 bridgehead atoms. The Balaban J connectivity index is 4.75. The van der Waals surface area contributed by atoms with Crippen LogP contribution in [0.3, 0.4) is 0 Å². The molecule has 0 aliphatic rings. The Bertz CT molecular complexity index is 180. The van der Waals surface area contributed by atoms with Gasteiger partial charge in [0, 0.05) is 0 Å². The van der Waals surface area contributed by atoms with Crippen molar-refractivity contribution in [3.05, 3.63) is 0 Å². The Morgan fingerprint density at radius 1 is 1.50 bits per heavy atom. The van der Waals surface area contributed by atoms with Gasteiger partial charge in [0.25, 0.3) is 0 Å². The summed E-state index contributed by atoms with van der Waals surface area (Å²) < 4.78 is 36.1. The van der Waals surface area contributed by atoms with Crippen LogP contribution < -0.4 is 5.73 Å². The molecule has 72 valence electrons. The van der Waals surface area contributed by atoms with Crippen LogP contribution in [0.2, 0.25) is 0 Å². The summed E-state index contributed by atoms with van der Waals surface area (Å²) in [5.74, 6) is -2.03. The average molecular weight is 185 g/mol. The van der Waals surface area contributed by atoms with Crippen LogP contribution in [0.5, 0.6) is 0 Å². The van der Waals surface area contributed by atoms with E-state index in [0.29, 0.717) is 0 Å². The van der Waals surface area contributed by atoms with Gasteiger partial charge in [-0.25, -0.2) is 4.79 Å². The molecule has 1 unspecified atom stereocenters. The van der Waals surface area contributed by atoms with Crippen molar-refractivity contribution in [1.29, 1.82) is 0 Å². The molecule has 0 rings (SSSR count). The molecule has 0 aliphatic heterocycles. The minimum absolute atomic E-state index is 0.0717. The maximum atomic E-state index is 12.0. The molecule has 0 radical (unpaired) electrons. The van der Waals surface area contributed by atoms with E-state index in [4.69, 9.17) is 10.8 Å². The molecule has 0 heterocycles. The fourth-order valence-corrected chi connectivity index (χ4v) is 0.764. The third kappa shape index (κ3) is 1.88. The first kappa shape index (κ1) is 11.2. The molecule has 0 aromatic heterocycles. The number of nitrogens with two attached hydrogens (primary N) is 1. The number of hydrogen-bond acceptors (Lipinski definition) is 2. The highest BCUT2D eigenvalue weighted by atomic mass is 19.4. The van der Waals surface area contributed by atoms with E-state index in [9.17, 15) is 18.0 Å². The van der Waals surface area contributed by atoms with Gasteiger partial charge in [0.1, 0.15) is 0 Å². The van der Waals surface area contributed by atoms with Gasteiger partial charge in [-0.1, -0.05) is 13.3 Å². The molecule has 0 aliphatic carbocycles. The molecule has 0 amide bonds. The van der Waals surface area contributed by atoms with Gasteiger partial charge in [0.15, 0.2) is 0 Å². The molecule has 0 spiro atoms. The summed E-state index contributed by atoms with van der Waals surface area (Å²) in [5, 5.41) is 8.25.